The summed E-state index contributed by atoms with van der Waals surface area (Å²) >= 11 is 0. The van der Waals surface area contributed by atoms with E-state index in [0.717, 1.165) is 19.3 Å². The summed E-state index contributed by atoms with van der Waals surface area (Å²) in [5.41, 5.74) is 5.90. The number of nitrogens with two attached hydrogens (primary N) is 1. The highest BCUT2D eigenvalue weighted by Crippen LogP contribution is 2.26. The lowest BCUT2D eigenvalue weighted by atomic mass is 9.99. The van der Waals surface area contributed by atoms with Crippen LogP contribution in [0.2, 0.25) is 0 Å². The highest BCUT2D eigenvalue weighted by Gasteiger charge is 2.29. The maximum absolute atomic E-state index is 11.9. The van der Waals surface area contributed by atoms with E-state index in [1.807, 2.05) is 0 Å². The summed E-state index contributed by atoms with van der Waals surface area (Å²) < 4.78 is 9.05. The Balaban J connectivity index is 2.52. The Labute approximate surface area is 118 Å². The average molecular weight is 286 g/mol. The first-order chi connectivity index (χ1) is 9.47. The zero-order chi connectivity index (χ0) is 15.1. The van der Waals surface area contributed by atoms with E-state index < -0.39 is 18.0 Å². The van der Waals surface area contributed by atoms with Crippen LogP contribution in [0.4, 0.5) is 0 Å². The lowest BCUT2D eigenvalue weighted by molar-refractivity contribution is -0.150. The summed E-state index contributed by atoms with van der Waals surface area (Å²) in [6, 6.07) is -0.990. The Morgan fingerprint density at radius 1 is 1.25 bits per heavy atom. The fraction of sp³-hybridized carbons (Fsp3) is 0.769. The largest absolute Gasteiger partial charge is 0.469 e. The van der Waals surface area contributed by atoms with E-state index in [4.69, 9.17) is 5.73 Å². The van der Waals surface area contributed by atoms with Gasteiger partial charge in [-0.25, -0.2) is 4.79 Å². The van der Waals surface area contributed by atoms with Crippen molar-refractivity contribution in [1.29, 1.82) is 0 Å². The van der Waals surface area contributed by atoms with Crippen molar-refractivity contribution in [2.75, 3.05) is 14.2 Å². The molecule has 1 fully saturated rings. The van der Waals surface area contributed by atoms with Gasteiger partial charge in [0.25, 0.3) is 0 Å². The molecular weight excluding hydrogens is 264 g/mol. The molecule has 3 atom stereocenters. The van der Waals surface area contributed by atoms with Crippen molar-refractivity contribution >= 4 is 17.8 Å². The van der Waals surface area contributed by atoms with Gasteiger partial charge in [-0.1, -0.05) is 6.42 Å². The van der Waals surface area contributed by atoms with Gasteiger partial charge in [0.2, 0.25) is 5.91 Å². The minimum atomic E-state index is -1.02. The second kappa shape index (κ2) is 7.84. The minimum Gasteiger partial charge on any atom is -0.469 e. The summed E-state index contributed by atoms with van der Waals surface area (Å²) in [5.74, 6) is -1.42. The molecule has 1 amide bonds. The molecule has 0 bridgehead atoms. The van der Waals surface area contributed by atoms with Gasteiger partial charge in [-0.3, -0.25) is 9.59 Å². The molecule has 20 heavy (non-hydrogen) atoms. The van der Waals surface area contributed by atoms with E-state index in [-0.39, 0.29) is 30.7 Å². The van der Waals surface area contributed by atoms with Crippen LogP contribution < -0.4 is 11.1 Å². The van der Waals surface area contributed by atoms with Crippen molar-refractivity contribution < 1.29 is 23.9 Å². The van der Waals surface area contributed by atoms with E-state index in [2.05, 4.69) is 14.8 Å². The number of nitrogens with one attached hydrogen (secondary N) is 1. The highest BCUT2D eigenvalue weighted by atomic mass is 16.5. The number of hydrogen-bond donors (Lipinski definition) is 2. The van der Waals surface area contributed by atoms with Crippen LogP contribution in [0.3, 0.4) is 0 Å². The molecule has 3 N–H and O–H groups in total. The predicted molar refractivity (Wildman–Crippen MR) is 70.5 cm³/mol. The Morgan fingerprint density at radius 2 is 1.95 bits per heavy atom. The van der Waals surface area contributed by atoms with Gasteiger partial charge < -0.3 is 20.5 Å². The van der Waals surface area contributed by atoms with Gasteiger partial charge >= 0.3 is 11.9 Å². The molecule has 7 heteroatoms. The summed E-state index contributed by atoms with van der Waals surface area (Å²) in [5, 5.41) is 2.51. The molecule has 0 aromatic rings. The number of hydrogen-bond acceptors (Lipinski definition) is 6. The SMILES string of the molecule is COC(=O)CC(NC(=O)C[C@@H]1CCC[C@H]1N)C(=O)OC. The first-order valence-electron chi connectivity index (χ1n) is 6.67. The molecule has 1 saturated carbocycles. The first kappa shape index (κ1) is 16.4. The van der Waals surface area contributed by atoms with E-state index in [1.165, 1.54) is 14.2 Å². The molecule has 1 unspecified atom stereocenters. The molecule has 0 aromatic heterocycles. The fourth-order valence-electron chi connectivity index (χ4n) is 2.40. The van der Waals surface area contributed by atoms with E-state index in [1.54, 1.807) is 0 Å². The molecule has 0 aromatic carbocycles. The minimum absolute atomic E-state index is 0.0259. The number of ether oxygens (including phenoxy) is 2. The van der Waals surface area contributed by atoms with Crippen LogP contribution in [-0.4, -0.2) is 44.1 Å². The Bertz CT molecular complexity index is 372. The van der Waals surface area contributed by atoms with Crippen LogP contribution >= 0.6 is 0 Å². The second-order valence-electron chi connectivity index (χ2n) is 4.98. The molecule has 1 aliphatic carbocycles. The van der Waals surface area contributed by atoms with Crippen molar-refractivity contribution in [2.45, 2.75) is 44.2 Å². The molecular formula is C13H22N2O5. The normalized spacial score (nSPS) is 22.9. The zero-order valence-electron chi connectivity index (χ0n) is 11.9. The molecule has 1 rings (SSSR count). The van der Waals surface area contributed by atoms with Crippen molar-refractivity contribution in [3.63, 3.8) is 0 Å². The number of carbonyl (C=O) groups is 3. The Morgan fingerprint density at radius 3 is 2.45 bits per heavy atom. The summed E-state index contributed by atoms with van der Waals surface area (Å²) in [7, 11) is 2.42. The van der Waals surface area contributed by atoms with Crippen LogP contribution in [0.25, 0.3) is 0 Å². The van der Waals surface area contributed by atoms with Gasteiger partial charge in [-0.05, 0) is 18.8 Å². The molecule has 0 spiro atoms. The van der Waals surface area contributed by atoms with Crippen molar-refractivity contribution in [3.05, 3.63) is 0 Å². The number of rotatable bonds is 6. The van der Waals surface area contributed by atoms with Crippen molar-refractivity contribution in [3.8, 4) is 0 Å². The molecule has 0 saturated heterocycles. The first-order valence-corrected chi connectivity index (χ1v) is 6.67. The van der Waals surface area contributed by atoms with Crippen LogP contribution in [0.15, 0.2) is 0 Å². The lowest BCUT2D eigenvalue weighted by Crippen LogP contribution is -2.44. The maximum Gasteiger partial charge on any atom is 0.328 e. The van der Waals surface area contributed by atoms with Crippen LogP contribution in [0.5, 0.6) is 0 Å². The molecule has 1 aliphatic rings. The van der Waals surface area contributed by atoms with Gasteiger partial charge in [0.05, 0.1) is 20.6 Å². The van der Waals surface area contributed by atoms with E-state index in [9.17, 15) is 14.4 Å². The van der Waals surface area contributed by atoms with Gasteiger partial charge in [0.1, 0.15) is 6.04 Å². The molecule has 0 aliphatic heterocycles. The standard InChI is InChI=1S/C13H22N2O5/c1-19-12(17)7-10(13(18)20-2)15-11(16)6-8-4-3-5-9(8)14/h8-10H,3-7,14H2,1-2H3,(H,15,16)/t8-,9+,10?/m0/s1. The number of esters is 2. The lowest BCUT2D eigenvalue weighted by Gasteiger charge is -2.18. The quantitative estimate of drug-likeness (QED) is 0.650. The monoisotopic (exact) mass is 286 g/mol. The third-order valence-electron chi connectivity index (χ3n) is 3.58. The second-order valence-corrected chi connectivity index (χ2v) is 4.98. The molecule has 7 nitrogen and oxygen atoms in total. The van der Waals surface area contributed by atoms with Crippen LogP contribution in [0, 0.1) is 5.92 Å². The fourth-order valence-corrected chi connectivity index (χ4v) is 2.40. The van der Waals surface area contributed by atoms with Crippen LogP contribution in [0.1, 0.15) is 32.1 Å². The topological polar surface area (TPSA) is 108 Å². The molecule has 0 radical (unpaired) electrons. The van der Waals surface area contributed by atoms with Crippen molar-refractivity contribution in [1.82, 2.24) is 5.32 Å². The molecule has 0 heterocycles. The number of methoxy groups -OCH3 is 2. The number of amides is 1. The smallest absolute Gasteiger partial charge is 0.328 e. The summed E-state index contributed by atoms with van der Waals surface area (Å²) in [6.07, 6.45) is 2.86. The van der Waals surface area contributed by atoms with Crippen LogP contribution in [-0.2, 0) is 23.9 Å². The van der Waals surface area contributed by atoms with Gasteiger partial charge in [0.15, 0.2) is 0 Å². The van der Waals surface area contributed by atoms with Gasteiger partial charge in [-0.2, -0.15) is 0 Å². The highest BCUT2D eigenvalue weighted by molar-refractivity contribution is 5.88. The Hall–Kier alpha value is -1.63. The maximum atomic E-state index is 11.9. The van der Waals surface area contributed by atoms with Crippen molar-refractivity contribution in [2.24, 2.45) is 11.7 Å². The molecule has 114 valence electrons. The van der Waals surface area contributed by atoms with E-state index >= 15 is 0 Å². The average Bonchev–Trinajstić information content (AvgIpc) is 2.82. The van der Waals surface area contributed by atoms with Gasteiger partial charge in [-0.15, -0.1) is 0 Å². The summed E-state index contributed by atoms with van der Waals surface area (Å²) in [6.45, 7) is 0. The predicted octanol–water partition coefficient (Wildman–Crippen LogP) is -0.275. The number of carbonyl (C=O) groups excluding carboxylic acids is 3. The Kier molecular flexibility index (Phi) is 6.44. The van der Waals surface area contributed by atoms with E-state index in [0.29, 0.717) is 0 Å². The summed E-state index contributed by atoms with van der Waals surface area (Å²) in [4.78, 5) is 34.7. The third-order valence-corrected chi connectivity index (χ3v) is 3.58. The third kappa shape index (κ3) is 4.80. The van der Waals surface area contributed by atoms with Gasteiger partial charge in [0, 0.05) is 12.5 Å². The zero-order valence-corrected chi connectivity index (χ0v) is 11.9.